The van der Waals surface area contributed by atoms with E-state index in [9.17, 15) is 16.8 Å². The molecule has 2 aromatic rings. The normalized spacial score (nSPS) is 20.4. The zero-order valence-electron chi connectivity index (χ0n) is 15.9. The van der Waals surface area contributed by atoms with Crippen LogP contribution in [0, 0.1) is 0 Å². The minimum Gasteiger partial charge on any atom is -0.377 e. The van der Waals surface area contributed by atoms with E-state index in [4.69, 9.17) is 4.74 Å². The maximum atomic E-state index is 13.1. The van der Waals surface area contributed by atoms with E-state index >= 15 is 0 Å². The van der Waals surface area contributed by atoms with E-state index in [1.165, 1.54) is 39.9 Å². The summed E-state index contributed by atoms with van der Waals surface area (Å²) in [7, 11) is -7.41. The SMILES string of the molecule is O=S(=O)(NC[C@@H]1CCCO1)c1ccc(S(=O)(=O)N(Cc2cccs2)C2CC2)cc1. The minimum absolute atomic E-state index is 0.0126. The van der Waals surface area contributed by atoms with Crippen molar-refractivity contribution in [1.29, 1.82) is 0 Å². The van der Waals surface area contributed by atoms with Gasteiger partial charge in [0.2, 0.25) is 20.0 Å². The third-order valence-electron chi connectivity index (χ3n) is 5.11. The van der Waals surface area contributed by atoms with Gasteiger partial charge in [0.1, 0.15) is 0 Å². The highest BCUT2D eigenvalue weighted by atomic mass is 32.2. The van der Waals surface area contributed by atoms with Crippen molar-refractivity contribution in [2.75, 3.05) is 13.2 Å². The standard InChI is InChI=1S/C19H24N2O5S3/c22-28(23,20-13-16-3-1-11-26-16)18-7-9-19(10-8-18)29(24,25)21(15-5-6-15)14-17-4-2-12-27-17/h2,4,7-10,12,15-16,20H,1,3,5-6,11,13-14H2/t16-/m0/s1. The summed E-state index contributed by atoms with van der Waals surface area (Å²) in [5, 5.41) is 1.93. The molecule has 7 nitrogen and oxygen atoms in total. The maximum Gasteiger partial charge on any atom is 0.243 e. The number of nitrogens with zero attached hydrogens (tertiary/aromatic N) is 1. The summed E-state index contributed by atoms with van der Waals surface area (Å²) in [5.41, 5.74) is 0. The maximum absolute atomic E-state index is 13.1. The molecule has 1 aliphatic carbocycles. The van der Waals surface area contributed by atoms with Gasteiger partial charge in [-0.25, -0.2) is 21.6 Å². The molecule has 2 fully saturated rings. The first-order valence-corrected chi connectivity index (χ1v) is 13.4. The lowest BCUT2D eigenvalue weighted by atomic mass is 10.2. The summed E-state index contributed by atoms with van der Waals surface area (Å²) >= 11 is 1.53. The van der Waals surface area contributed by atoms with Crippen molar-refractivity contribution in [3.05, 3.63) is 46.7 Å². The summed E-state index contributed by atoms with van der Waals surface area (Å²) in [6, 6.07) is 9.28. The fraction of sp³-hybridized carbons (Fsp3) is 0.474. The van der Waals surface area contributed by atoms with Gasteiger partial charge in [-0.05, 0) is 61.4 Å². The lowest BCUT2D eigenvalue weighted by molar-refractivity contribution is 0.114. The zero-order valence-corrected chi connectivity index (χ0v) is 18.3. The second-order valence-electron chi connectivity index (χ2n) is 7.32. The van der Waals surface area contributed by atoms with Gasteiger partial charge in [-0.2, -0.15) is 4.31 Å². The van der Waals surface area contributed by atoms with Crippen LogP contribution in [-0.4, -0.2) is 46.4 Å². The zero-order chi connectivity index (χ0) is 20.5. The smallest absolute Gasteiger partial charge is 0.243 e. The third kappa shape index (κ3) is 4.89. The molecule has 0 unspecified atom stereocenters. The Bertz CT molecular complexity index is 1020. The Hall–Kier alpha value is -1.30. The van der Waals surface area contributed by atoms with Crippen molar-refractivity contribution in [2.24, 2.45) is 0 Å². The van der Waals surface area contributed by atoms with Crippen molar-refractivity contribution in [1.82, 2.24) is 9.03 Å². The van der Waals surface area contributed by atoms with E-state index in [0.29, 0.717) is 13.2 Å². The largest absolute Gasteiger partial charge is 0.377 e. The van der Waals surface area contributed by atoms with Crippen LogP contribution < -0.4 is 4.72 Å². The second kappa shape index (κ2) is 8.44. The van der Waals surface area contributed by atoms with Crippen LogP contribution in [0.4, 0.5) is 0 Å². The molecule has 2 aliphatic rings. The molecule has 10 heteroatoms. The predicted molar refractivity (Wildman–Crippen MR) is 111 cm³/mol. The Morgan fingerprint density at radius 2 is 1.76 bits per heavy atom. The molecular weight excluding hydrogens is 432 g/mol. The Morgan fingerprint density at radius 3 is 2.34 bits per heavy atom. The molecule has 0 spiro atoms. The first-order chi connectivity index (χ1) is 13.9. The summed E-state index contributed by atoms with van der Waals surface area (Å²) in [4.78, 5) is 1.14. The van der Waals surface area contributed by atoms with Gasteiger partial charge in [0, 0.05) is 30.6 Å². The molecule has 1 N–H and O–H groups in total. The fourth-order valence-corrected chi connectivity index (χ4v) is 6.86. The van der Waals surface area contributed by atoms with Crippen LogP contribution in [0.2, 0.25) is 0 Å². The number of benzene rings is 1. The highest BCUT2D eigenvalue weighted by Gasteiger charge is 2.38. The Kier molecular flexibility index (Phi) is 6.10. The number of hydrogen-bond donors (Lipinski definition) is 1. The molecule has 1 saturated carbocycles. The van der Waals surface area contributed by atoms with E-state index in [1.54, 1.807) is 0 Å². The van der Waals surface area contributed by atoms with Crippen LogP contribution in [0.5, 0.6) is 0 Å². The van der Waals surface area contributed by atoms with Crippen LogP contribution in [0.25, 0.3) is 0 Å². The molecule has 1 atom stereocenters. The molecule has 4 rings (SSSR count). The number of sulfonamides is 2. The van der Waals surface area contributed by atoms with E-state index in [-0.39, 0.29) is 28.5 Å². The van der Waals surface area contributed by atoms with Crippen LogP contribution >= 0.6 is 11.3 Å². The highest BCUT2D eigenvalue weighted by molar-refractivity contribution is 7.89. The van der Waals surface area contributed by atoms with Gasteiger partial charge in [-0.1, -0.05) is 6.07 Å². The molecule has 158 valence electrons. The van der Waals surface area contributed by atoms with Crippen molar-refractivity contribution >= 4 is 31.4 Å². The summed E-state index contributed by atoms with van der Waals surface area (Å²) in [5.74, 6) is 0. The van der Waals surface area contributed by atoms with Crippen molar-refractivity contribution in [2.45, 2.75) is 54.2 Å². The number of nitrogens with one attached hydrogen (secondary N) is 1. The van der Waals surface area contributed by atoms with Crippen LogP contribution in [0.1, 0.15) is 30.6 Å². The number of rotatable bonds is 9. The fourth-order valence-electron chi connectivity index (χ4n) is 3.35. The van der Waals surface area contributed by atoms with Gasteiger partial charge >= 0.3 is 0 Å². The number of ether oxygens (including phenoxy) is 1. The Morgan fingerprint density at radius 1 is 1.03 bits per heavy atom. The van der Waals surface area contributed by atoms with Gasteiger partial charge in [-0.3, -0.25) is 0 Å². The van der Waals surface area contributed by atoms with E-state index < -0.39 is 20.0 Å². The van der Waals surface area contributed by atoms with Gasteiger partial charge in [0.05, 0.1) is 15.9 Å². The quantitative estimate of drug-likeness (QED) is 0.626. The minimum atomic E-state index is -3.71. The second-order valence-corrected chi connectivity index (χ2v) is 12.0. The van der Waals surface area contributed by atoms with Gasteiger partial charge in [-0.15, -0.1) is 11.3 Å². The highest BCUT2D eigenvalue weighted by Crippen LogP contribution is 2.34. The first kappa shape index (κ1) is 21.0. The van der Waals surface area contributed by atoms with Crippen molar-refractivity contribution in [3.63, 3.8) is 0 Å². The topological polar surface area (TPSA) is 92.8 Å². The van der Waals surface area contributed by atoms with Gasteiger partial charge in [0.25, 0.3) is 0 Å². The molecular formula is C19H24N2O5S3. The van der Waals surface area contributed by atoms with E-state index in [2.05, 4.69) is 4.72 Å². The molecule has 1 aromatic carbocycles. The molecule has 0 bridgehead atoms. The molecule has 1 aliphatic heterocycles. The molecule has 0 amide bonds. The third-order valence-corrected chi connectivity index (χ3v) is 9.32. The van der Waals surface area contributed by atoms with Crippen LogP contribution in [-0.2, 0) is 31.3 Å². The lowest BCUT2D eigenvalue weighted by Gasteiger charge is -2.21. The van der Waals surface area contributed by atoms with Crippen LogP contribution in [0.3, 0.4) is 0 Å². The van der Waals surface area contributed by atoms with Gasteiger partial charge < -0.3 is 4.74 Å². The van der Waals surface area contributed by atoms with Crippen LogP contribution in [0.15, 0.2) is 51.6 Å². The average Bonchev–Trinajstić information content (AvgIpc) is 3.18. The molecule has 0 radical (unpaired) electrons. The average molecular weight is 457 g/mol. The van der Waals surface area contributed by atoms with Crippen molar-refractivity contribution < 1.29 is 21.6 Å². The molecule has 29 heavy (non-hydrogen) atoms. The molecule has 1 aromatic heterocycles. The molecule has 1 saturated heterocycles. The Labute approximate surface area is 175 Å². The number of thiophene rings is 1. The monoisotopic (exact) mass is 456 g/mol. The van der Waals surface area contributed by atoms with Gasteiger partial charge in [0.15, 0.2) is 0 Å². The van der Waals surface area contributed by atoms with E-state index in [1.807, 2.05) is 17.5 Å². The summed E-state index contributed by atoms with van der Waals surface area (Å²) in [6.45, 7) is 1.22. The number of hydrogen-bond acceptors (Lipinski definition) is 6. The summed E-state index contributed by atoms with van der Waals surface area (Å²) in [6.07, 6.45) is 3.37. The molecule has 2 heterocycles. The van der Waals surface area contributed by atoms with E-state index in [0.717, 1.165) is 30.6 Å². The lowest BCUT2D eigenvalue weighted by Crippen LogP contribution is -2.33. The summed E-state index contributed by atoms with van der Waals surface area (Å²) < 4.78 is 60.8. The van der Waals surface area contributed by atoms with Crippen molar-refractivity contribution in [3.8, 4) is 0 Å². The predicted octanol–water partition coefficient (Wildman–Crippen LogP) is 2.56. The first-order valence-electron chi connectivity index (χ1n) is 9.62. The Balaban J connectivity index is 1.49.